The molecule has 0 saturated carbocycles. The second-order valence-corrected chi connectivity index (χ2v) is 9.75. The minimum absolute atomic E-state index is 0.262. The minimum Gasteiger partial charge on any atom is -0.497 e. The molecule has 0 bridgehead atoms. The zero-order valence-corrected chi connectivity index (χ0v) is 18.1. The highest BCUT2D eigenvalue weighted by Crippen LogP contribution is 2.27. The monoisotopic (exact) mass is 447 g/mol. The number of hydrogen-bond acceptors (Lipinski definition) is 6. The van der Waals surface area contributed by atoms with E-state index >= 15 is 0 Å². The molecular weight excluding hydrogens is 425 g/mol. The Balaban J connectivity index is 1.37. The van der Waals surface area contributed by atoms with Gasteiger partial charge in [0.05, 0.1) is 12.8 Å². The maximum Gasteiger partial charge on any atom is 0.246 e. The summed E-state index contributed by atoms with van der Waals surface area (Å²) in [5.74, 6) is 0.0900. The number of hydrogen-bond donors (Lipinski definition) is 0. The molecule has 0 amide bonds. The first kappa shape index (κ1) is 20.9. The Hall–Kier alpha value is -2.33. The number of piperazine rings is 1. The van der Waals surface area contributed by atoms with E-state index in [1.807, 2.05) is 29.6 Å². The Labute approximate surface area is 179 Å². The average molecular weight is 448 g/mol. The van der Waals surface area contributed by atoms with Gasteiger partial charge in [0.1, 0.15) is 21.5 Å². The lowest BCUT2D eigenvalue weighted by atomic mass is 10.2. The Morgan fingerprint density at radius 2 is 1.77 bits per heavy atom. The molecule has 0 N–H and O–H groups in total. The van der Waals surface area contributed by atoms with E-state index < -0.39 is 15.8 Å². The smallest absolute Gasteiger partial charge is 0.246 e. The summed E-state index contributed by atoms with van der Waals surface area (Å²) in [6.45, 7) is 2.45. The zero-order valence-electron chi connectivity index (χ0n) is 16.5. The molecule has 158 valence electrons. The summed E-state index contributed by atoms with van der Waals surface area (Å²) >= 11 is 1.58. The van der Waals surface area contributed by atoms with Gasteiger partial charge in [-0.25, -0.2) is 17.8 Å². The maximum absolute atomic E-state index is 14.0. The maximum atomic E-state index is 14.0. The molecule has 2 aromatic carbocycles. The van der Waals surface area contributed by atoms with Crippen molar-refractivity contribution >= 4 is 21.4 Å². The molecule has 0 radical (unpaired) electrons. The van der Waals surface area contributed by atoms with Gasteiger partial charge in [-0.15, -0.1) is 11.3 Å². The van der Waals surface area contributed by atoms with Gasteiger partial charge in [-0.2, -0.15) is 4.31 Å². The molecule has 1 aliphatic heterocycles. The van der Waals surface area contributed by atoms with Crippen LogP contribution in [0, 0.1) is 5.82 Å². The average Bonchev–Trinajstić information content (AvgIpc) is 3.23. The number of thiazole rings is 1. The Bertz CT molecular complexity index is 1110. The number of ether oxygens (including phenoxy) is 1. The lowest BCUT2D eigenvalue weighted by Gasteiger charge is -2.33. The third-order valence-corrected chi connectivity index (χ3v) is 7.93. The second kappa shape index (κ2) is 8.81. The number of halogens is 1. The molecule has 2 heterocycles. The van der Waals surface area contributed by atoms with Crippen LogP contribution < -0.4 is 4.74 Å². The van der Waals surface area contributed by atoms with Crippen molar-refractivity contribution < 1.29 is 17.5 Å². The highest BCUT2D eigenvalue weighted by Gasteiger charge is 2.30. The van der Waals surface area contributed by atoms with Gasteiger partial charge < -0.3 is 4.74 Å². The van der Waals surface area contributed by atoms with Gasteiger partial charge >= 0.3 is 0 Å². The summed E-state index contributed by atoms with van der Waals surface area (Å²) in [5, 5.41) is 2.97. The van der Waals surface area contributed by atoms with Crippen LogP contribution in [0.2, 0.25) is 0 Å². The van der Waals surface area contributed by atoms with Crippen LogP contribution in [0.15, 0.2) is 58.8 Å². The van der Waals surface area contributed by atoms with Crippen LogP contribution in [0.5, 0.6) is 5.75 Å². The SMILES string of the molecule is COc1ccc(-c2nc(CN3CCN(S(=O)(=O)c4ccccc4F)CC3)cs2)cc1. The minimum atomic E-state index is -3.82. The van der Waals surface area contributed by atoms with Crippen molar-refractivity contribution in [2.75, 3.05) is 33.3 Å². The molecule has 6 nitrogen and oxygen atoms in total. The summed E-state index contributed by atoms with van der Waals surface area (Å²) in [7, 11) is -2.18. The first-order valence-corrected chi connectivity index (χ1v) is 11.9. The van der Waals surface area contributed by atoms with Crippen molar-refractivity contribution in [1.29, 1.82) is 0 Å². The fraction of sp³-hybridized carbons (Fsp3) is 0.286. The van der Waals surface area contributed by atoms with E-state index in [2.05, 4.69) is 4.90 Å². The molecule has 1 fully saturated rings. The molecular formula is C21H22FN3O3S2. The molecule has 30 heavy (non-hydrogen) atoms. The lowest BCUT2D eigenvalue weighted by molar-refractivity contribution is 0.180. The van der Waals surface area contributed by atoms with Crippen LogP contribution in [-0.2, 0) is 16.6 Å². The molecule has 1 aromatic heterocycles. The van der Waals surface area contributed by atoms with Gasteiger partial charge in [0.2, 0.25) is 10.0 Å². The first-order chi connectivity index (χ1) is 14.5. The summed E-state index contributed by atoms with van der Waals surface area (Å²) in [6.07, 6.45) is 0. The molecule has 0 aliphatic carbocycles. The Morgan fingerprint density at radius 3 is 2.43 bits per heavy atom. The molecule has 0 atom stereocenters. The van der Waals surface area contributed by atoms with Crippen molar-refractivity contribution in [3.63, 3.8) is 0 Å². The highest BCUT2D eigenvalue weighted by atomic mass is 32.2. The predicted molar refractivity (Wildman–Crippen MR) is 115 cm³/mol. The van der Waals surface area contributed by atoms with Gasteiger partial charge in [-0.3, -0.25) is 4.90 Å². The standard InChI is InChI=1S/C21H22FN3O3S2/c1-28-18-8-6-16(7-9-18)21-23-17(15-29-21)14-24-10-12-25(13-11-24)30(26,27)20-5-3-2-4-19(20)22/h2-9,15H,10-14H2,1H3. The number of nitrogens with zero attached hydrogens (tertiary/aromatic N) is 3. The number of methoxy groups -OCH3 is 1. The van der Waals surface area contributed by atoms with Crippen LogP contribution in [-0.4, -0.2) is 55.9 Å². The summed E-state index contributed by atoms with van der Waals surface area (Å²) in [5.41, 5.74) is 1.99. The van der Waals surface area contributed by atoms with Gasteiger partial charge in [0, 0.05) is 43.7 Å². The number of aromatic nitrogens is 1. The molecule has 0 spiro atoms. The highest BCUT2D eigenvalue weighted by molar-refractivity contribution is 7.89. The van der Waals surface area contributed by atoms with Crippen LogP contribution in [0.3, 0.4) is 0 Å². The lowest BCUT2D eigenvalue weighted by Crippen LogP contribution is -2.48. The Morgan fingerprint density at radius 1 is 1.07 bits per heavy atom. The Kier molecular flexibility index (Phi) is 6.14. The fourth-order valence-electron chi connectivity index (χ4n) is 3.40. The number of rotatable bonds is 6. The van der Waals surface area contributed by atoms with E-state index in [0.29, 0.717) is 32.7 Å². The summed E-state index contributed by atoms with van der Waals surface area (Å²) < 4.78 is 46.0. The number of sulfonamides is 1. The van der Waals surface area contributed by atoms with Crippen LogP contribution in [0.25, 0.3) is 10.6 Å². The normalized spacial score (nSPS) is 15.9. The van der Waals surface area contributed by atoms with E-state index in [1.54, 1.807) is 18.4 Å². The third-order valence-electron chi connectivity index (χ3n) is 5.06. The predicted octanol–water partition coefficient (Wildman–Crippen LogP) is 3.46. The second-order valence-electron chi connectivity index (χ2n) is 6.98. The topological polar surface area (TPSA) is 62.7 Å². The molecule has 0 unspecified atom stereocenters. The van der Waals surface area contributed by atoms with Crippen LogP contribution >= 0.6 is 11.3 Å². The van der Waals surface area contributed by atoms with E-state index in [4.69, 9.17) is 9.72 Å². The first-order valence-electron chi connectivity index (χ1n) is 9.53. The van der Waals surface area contributed by atoms with Gasteiger partial charge in [0.25, 0.3) is 0 Å². The quantitative estimate of drug-likeness (QED) is 0.579. The van der Waals surface area contributed by atoms with Crippen molar-refractivity contribution in [2.45, 2.75) is 11.4 Å². The summed E-state index contributed by atoms with van der Waals surface area (Å²) in [6, 6.07) is 13.3. The molecule has 1 saturated heterocycles. The third kappa shape index (κ3) is 4.39. The van der Waals surface area contributed by atoms with E-state index in [0.717, 1.165) is 22.0 Å². The molecule has 9 heteroatoms. The van der Waals surface area contributed by atoms with E-state index in [1.165, 1.54) is 28.6 Å². The molecule has 1 aliphatic rings. The van der Waals surface area contributed by atoms with Crippen LogP contribution in [0.4, 0.5) is 4.39 Å². The van der Waals surface area contributed by atoms with E-state index in [9.17, 15) is 12.8 Å². The van der Waals surface area contributed by atoms with Crippen molar-refractivity contribution in [3.05, 3.63) is 65.4 Å². The molecule has 3 aromatic rings. The zero-order chi connectivity index (χ0) is 21.1. The fourth-order valence-corrected chi connectivity index (χ4v) is 5.70. The van der Waals surface area contributed by atoms with Crippen LogP contribution in [0.1, 0.15) is 5.69 Å². The van der Waals surface area contributed by atoms with Gasteiger partial charge in [0.15, 0.2) is 0 Å². The molecule has 4 rings (SSSR count). The van der Waals surface area contributed by atoms with Gasteiger partial charge in [-0.05, 0) is 36.4 Å². The van der Waals surface area contributed by atoms with Crippen molar-refractivity contribution in [2.24, 2.45) is 0 Å². The largest absolute Gasteiger partial charge is 0.497 e. The van der Waals surface area contributed by atoms with Gasteiger partial charge in [-0.1, -0.05) is 12.1 Å². The summed E-state index contributed by atoms with van der Waals surface area (Å²) in [4.78, 5) is 6.62. The van der Waals surface area contributed by atoms with Crippen molar-refractivity contribution in [1.82, 2.24) is 14.2 Å². The van der Waals surface area contributed by atoms with Crippen molar-refractivity contribution in [3.8, 4) is 16.3 Å². The number of benzene rings is 2. The van der Waals surface area contributed by atoms with E-state index in [-0.39, 0.29) is 4.90 Å².